The van der Waals surface area contributed by atoms with E-state index in [4.69, 9.17) is 4.74 Å². The van der Waals surface area contributed by atoms with Crippen molar-refractivity contribution in [2.24, 2.45) is 5.10 Å². The van der Waals surface area contributed by atoms with Crippen LogP contribution in [0.4, 0.5) is 18.9 Å². The lowest BCUT2D eigenvalue weighted by Crippen LogP contribution is -2.25. The van der Waals surface area contributed by atoms with Gasteiger partial charge in [-0.3, -0.25) is 4.79 Å². The average molecular weight is 468 g/mol. The van der Waals surface area contributed by atoms with Crippen molar-refractivity contribution < 1.29 is 32.6 Å². The lowest BCUT2D eigenvalue weighted by atomic mass is 10.1. The first kappa shape index (κ1) is 20.6. The highest BCUT2D eigenvalue weighted by Gasteiger charge is 2.46. The number of ether oxygens (including phenoxy) is 1. The second-order valence-electron chi connectivity index (χ2n) is 5.85. The van der Waals surface area contributed by atoms with Gasteiger partial charge in [-0.1, -0.05) is 18.2 Å². The quantitative estimate of drug-likeness (QED) is 0.646. The molecule has 0 N–H and O–H groups in total. The highest BCUT2D eigenvalue weighted by molar-refractivity contribution is 9.10. The van der Waals surface area contributed by atoms with Crippen LogP contribution >= 0.6 is 15.9 Å². The van der Waals surface area contributed by atoms with Gasteiger partial charge in [-0.2, -0.15) is 23.3 Å². The van der Waals surface area contributed by atoms with E-state index in [1.165, 1.54) is 37.4 Å². The second kappa shape index (κ2) is 7.70. The smallest absolute Gasteiger partial charge is 0.435 e. The zero-order chi connectivity index (χ0) is 21.3. The van der Waals surface area contributed by atoms with Gasteiger partial charge < -0.3 is 14.6 Å². The number of carbonyl (C=O) groups is 2. The molecule has 3 rings (SSSR count). The lowest BCUT2D eigenvalue weighted by molar-refractivity contribution is -0.255. The Labute approximate surface area is 171 Å². The molecule has 150 valence electrons. The maximum absolute atomic E-state index is 13.5. The molecular weight excluding hydrogens is 457 g/mol. The molecule has 0 aliphatic carbocycles. The number of alkyl halides is 3. The number of hydrogen-bond donors (Lipinski definition) is 0. The molecule has 0 atom stereocenters. The van der Waals surface area contributed by atoms with Gasteiger partial charge in [0.25, 0.3) is 5.91 Å². The molecule has 10 heteroatoms. The van der Waals surface area contributed by atoms with Gasteiger partial charge in [-0.25, -0.2) is 0 Å². The predicted molar refractivity (Wildman–Crippen MR) is 100 cm³/mol. The van der Waals surface area contributed by atoms with Crippen LogP contribution in [-0.4, -0.2) is 30.9 Å². The first-order valence-electron chi connectivity index (χ1n) is 7.99. The molecule has 29 heavy (non-hydrogen) atoms. The molecule has 0 unspecified atom stereocenters. The van der Waals surface area contributed by atoms with Gasteiger partial charge in [-0.05, 0) is 57.4 Å². The third kappa shape index (κ3) is 4.16. The number of carboxylic acids is 1. The van der Waals surface area contributed by atoms with E-state index < -0.39 is 29.3 Å². The van der Waals surface area contributed by atoms with Crippen LogP contribution in [0.1, 0.15) is 15.9 Å². The summed E-state index contributed by atoms with van der Waals surface area (Å²) in [5, 5.41) is 14.8. The van der Waals surface area contributed by atoms with Gasteiger partial charge in [-0.15, -0.1) is 0 Å². The molecule has 0 saturated heterocycles. The molecule has 2 aromatic rings. The number of carboxylic acid groups (broad SMARTS) is 1. The van der Waals surface area contributed by atoms with Crippen LogP contribution in [-0.2, 0) is 4.79 Å². The normalized spacial score (nSPS) is 15.6. The van der Waals surface area contributed by atoms with E-state index in [9.17, 15) is 27.9 Å². The van der Waals surface area contributed by atoms with Crippen molar-refractivity contribution >= 4 is 45.3 Å². The Hall–Kier alpha value is -3.14. The Morgan fingerprint density at radius 1 is 1.21 bits per heavy atom. The fourth-order valence-electron chi connectivity index (χ4n) is 2.61. The highest BCUT2D eigenvalue weighted by atomic mass is 79.9. The molecule has 1 heterocycles. The summed E-state index contributed by atoms with van der Waals surface area (Å²) in [6, 6.07) is 9.11. The topological polar surface area (TPSA) is 82.0 Å². The molecule has 1 aliphatic heterocycles. The summed E-state index contributed by atoms with van der Waals surface area (Å²) >= 11 is 3.24. The Balaban J connectivity index is 2.03. The van der Waals surface area contributed by atoms with E-state index in [1.54, 1.807) is 0 Å². The number of carbonyl (C=O) groups excluding carboxylic acids is 2. The summed E-state index contributed by atoms with van der Waals surface area (Å²) in [7, 11) is 1.44. The van der Waals surface area contributed by atoms with Crippen molar-refractivity contribution in [2.75, 3.05) is 12.1 Å². The first-order chi connectivity index (χ1) is 13.6. The van der Waals surface area contributed by atoms with Crippen LogP contribution < -0.4 is 14.9 Å². The van der Waals surface area contributed by atoms with Crippen LogP contribution in [0.3, 0.4) is 0 Å². The minimum absolute atomic E-state index is 0.0129. The molecule has 0 radical (unpaired) electrons. The lowest BCUT2D eigenvalue weighted by Gasteiger charge is -2.12. The van der Waals surface area contributed by atoms with E-state index in [0.29, 0.717) is 20.8 Å². The number of aromatic carboxylic acids is 1. The summed E-state index contributed by atoms with van der Waals surface area (Å²) in [5.41, 5.74) is -1.86. The Bertz CT molecular complexity index is 1050. The third-order valence-corrected chi connectivity index (χ3v) is 4.60. The number of nitrogens with zero attached hydrogens (tertiary/aromatic N) is 2. The maximum Gasteiger partial charge on any atom is 0.435 e. The molecule has 0 spiro atoms. The van der Waals surface area contributed by atoms with Gasteiger partial charge in [0.05, 0.1) is 28.8 Å². The number of halogens is 4. The summed E-state index contributed by atoms with van der Waals surface area (Å²) in [6.45, 7) is 0. The number of amides is 1. The summed E-state index contributed by atoms with van der Waals surface area (Å²) < 4.78 is 46.0. The fraction of sp³-hybridized carbons (Fsp3) is 0.105. The Morgan fingerprint density at radius 3 is 2.38 bits per heavy atom. The number of hydrazone groups is 1. The second-order valence-corrected chi connectivity index (χ2v) is 6.70. The van der Waals surface area contributed by atoms with Crippen LogP contribution in [0, 0.1) is 0 Å². The van der Waals surface area contributed by atoms with E-state index in [2.05, 4.69) is 21.0 Å². The van der Waals surface area contributed by atoms with Gasteiger partial charge in [0, 0.05) is 0 Å². The van der Waals surface area contributed by atoms with Gasteiger partial charge >= 0.3 is 6.18 Å². The monoisotopic (exact) mass is 467 g/mol. The third-order valence-electron chi connectivity index (χ3n) is 3.98. The fourth-order valence-corrected chi connectivity index (χ4v) is 3.17. The Morgan fingerprint density at radius 2 is 1.86 bits per heavy atom. The standard InChI is InChI=1S/C19H12BrF3N2O4/c1-29-15-7-2-10(9-14(15)20)8-13-16(19(21,22)23)24-25(17(13)26)12-5-3-11(4-6-12)18(27)28/h2-9H,1H3,(H,27,28)/p-1/b13-8-. The number of hydrogen-bond acceptors (Lipinski definition) is 5. The number of methoxy groups -OCH3 is 1. The van der Waals surface area contributed by atoms with Crippen LogP contribution in [0.15, 0.2) is 57.6 Å². The van der Waals surface area contributed by atoms with Crippen LogP contribution in [0.5, 0.6) is 5.75 Å². The molecule has 1 amide bonds. The number of benzene rings is 2. The van der Waals surface area contributed by atoms with Crippen molar-refractivity contribution in [1.29, 1.82) is 0 Å². The number of anilines is 1. The van der Waals surface area contributed by atoms with Gasteiger partial charge in [0.2, 0.25) is 0 Å². The van der Waals surface area contributed by atoms with Gasteiger partial charge in [0.1, 0.15) is 5.75 Å². The predicted octanol–water partition coefficient (Wildman–Crippen LogP) is 3.17. The van der Waals surface area contributed by atoms with Gasteiger partial charge in [0.15, 0.2) is 5.71 Å². The average Bonchev–Trinajstić information content (AvgIpc) is 2.99. The van der Waals surface area contributed by atoms with Crippen molar-refractivity contribution in [3.8, 4) is 5.75 Å². The largest absolute Gasteiger partial charge is 0.545 e. The molecule has 0 aromatic heterocycles. The zero-order valence-electron chi connectivity index (χ0n) is 14.7. The molecule has 6 nitrogen and oxygen atoms in total. The number of rotatable bonds is 4. The summed E-state index contributed by atoms with van der Waals surface area (Å²) in [6.07, 6.45) is -3.79. The molecular formula is C19H11BrF3N2O4-. The summed E-state index contributed by atoms with van der Waals surface area (Å²) in [4.78, 5) is 23.5. The molecule has 0 bridgehead atoms. The first-order valence-corrected chi connectivity index (χ1v) is 8.78. The minimum atomic E-state index is -4.87. The van der Waals surface area contributed by atoms with Crippen molar-refractivity contribution in [3.05, 3.63) is 63.6 Å². The van der Waals surface area contributed by atoms with Crippen LogP contribution in [0.2, 0.25) is 0 Å². The highest BCUT2D eigenvalue weighted by Crippen LogP contribution is 2.33. The minimum Gasteiger partial charge on any atom is -0.545 e. The molecule has 0 saturated carbocycles. The van der Waals surface area contributed by atoms with E-state index in [0.717, 1.165) is 18.2 Å². The zero-order valence-corrected chi connectivity index (χ0v) is 16.2. The molecule has 0 fully saturated rings. The Kier molecular flexibility index (Phi) is 5.47. The van der Waals surface area contributed by atoms with Crippen molar-refractivity contribution in [2.45, 2.75) is 6.18 Å². The van der Waals surface area contributed by atoms with Crippen LogP contribution in [0.25, 0.3) is 6.08 Å². The molecule has 1 aliphatic rings. The molecule has 2 aromatic carbocycles. The SMILES string of the molecule is COc1ccc(/C=C2\C(=O)N(c3ccc(C(=O)[O-])cc3)N=C2C(F)(F)F)cc1Br. The van der Waals surface area contributed by atoms with E-state index >= 15 is 0 Å². The van der Waals surface area contributed by atoms with Crippen molar-refractivity contribution in [3.63, 3.8) is 0 Å². The van der Waals surface area contributed by atoms with E-state index in [-0.39, 0.29) is 11.3 Å². The maximum atomic E-state index is 13.5. The summed E-state index contributed by atoms with van der Waals surface area (Å²) in [5.74, 6) is -1.97. The van der Waals surface area contributed by atoms with E-state index in [1.807, 2.05) is 0 Å². The van der Waals surface area contributed by atoms with Crippen molar-refractivity contribution in [1.82, 2.24) is 0 Å².